The minimum absolute atomic E-state index is 0.0566. The van der Waals surface area contributed by atoms with E-state index in [0.717, 1.165) is 55.5 Å². The Kier molecular flexibility index (Phi) is 7.52. The van der Waals surface area contributed by atoms with Crippen LogP contribution in [0, 0.1) is 11.7 Å². The van der Waals surface area contributed by atoms with Crippen molar-refractivity contribution in [1.82, 2.24) is 4.90 Å². The normalized spacial score (nSPS) is 16.9. The van der Waals surface area contributed by atoms with Crippen molar-refractivity contribution in [2.45, 2.75) is 37.6 Å². The average Bonchev–Trinajstić information content (AvgIpc) is 3.69. The Morgan fingerprint density at radius 1 is 0.972 bits per heavy atom. The second kappa shape index (κ2) is 10.8. The van der Waals surface area contributed by atoms with Crippen LogP contribution in [0.2, 0.25) is 10.0 Å². The summed E-state index contributed by atoms with van der Waals surface area (Å²) in [6.45, 7) is 2.30. The van der Waals surface area contributed by atoms with Gasteiger partial charge in [-0.2, -0.15) is 0 Å². The molecule has 0 atom stereocenters. The Morgan fingerprint density at radius 3 is 2.11 bits per heavy atom. The van der Waals surface area contributed by atoms with Gasteiger partial charge < -0.3 is 10.5 Å². The fourth-order valence-corrected chi connectivity index (χ4v) is 5.55. The van der Waals surface area contributed by atoms with Gasteiger partial charge in [-0.1, -0.05) is 47.5 Å². The molecule has 1 saturated heterocycles. The number of nitrogens with two attached hydrogens (primary N) is 1. The molecule has 4 nitrogen and oxygen atoms in total. The van der Waals surface area contributed by atoms with Gasteiger partial charge >= 0.3 is 0 Å². The monoisotopic (exact) mass is 526 g/mol. The minimum Gasteiger partial charge on any atom is -0.493 e. The van der Waals surface area contributed by atoms with Crippen molar-refractivity contribution < 1.29 is 13.9 Å². The maximum Gasteiger partial charge on any atom is 0.251 e. The number of likely N-dealkylation sites (tertiary alicyclic amines) is 1. The predicted molar refractivity (Wildman–Crippen MR) is 141 cm³/mol. The van der Waals surface area contributed by atoms with Gasteiger partial charge in [-0.15, -0.1) is 0 Å². The number of amides is 1. The summed E-state index contributed by atoms with van der Waals surface area (Å²) in [5.74, 6) is -0.161. The molecular weight excluding hydrogens is 498 g/mol. The number of carbonyl (C=O) groups is 1. The molecule has 1 saturated carbocycles. The van der Waals surface area contributed by atoms with Gasteiger partial charge in [-0.3, -0.25) is 9.69 Å². The SMILES string of the molecule is NC(=O)c1cc(C2CC2)c(OCC2CCN(C(c3cccc(Cl)c3)c3cccc(Cl)c3)CC2)cc1F. The van der Waals surface area contributed by atoms with E-state index in [1.165, 1.54) is 6.07 Å². The van der Waals surface area contributed by atoms with E-state index in [1.807, 2.05) is 36.4 Å². The highest BCUT2D eigenvalue weighted by Gasteiger charge is 2.31. The summed E-state index contributed by atoms with van der Waals surface area (Å²) in [6.07, 6.45) is 3.95. The summed E-state index contributed by atoms with van der Waals surface area (Å²) < 4.78 is 20.6. The molecule has 1 aliphatic carbocycles. The summed E-state index contributed by atoms with van der Waals surface area (Å²) in [4.78, 5) is 14.0. The molecule has 1 amide bonds. The Labute approximate surface area is 221 Å². The zero-order valence-corrected chi connectivity index (χ0v) is 21.4. The molecule has 2 aliphatic rings. The van der Waals surface area contributed by atoms with E-state index in [1.54, 1.807) is 6.07 Å². The lowest BCUT2D eigenvalue weighted by molar-refractivity contribution is 0.0996. The lowest BCUT2D eigenvalue weighted by Crippen LogP contribution is -2.38. The Balaban J connectivity index is 1.28. The molecule has 3 aromatic carbocycles. The highest BCUT2D eigenvalue weighted by molar-refractivity contribution is 6.31. The topological polar surface area (TPSA) is 55.6 Å². The van der Waals surface area contributed by atoms with E-state index < -0.39 is 11.7 Å². The number of rotatable bonds is 8. The molecule has 0 bridgehead atoms. The summed E-state index contributed by atoms with van der Waals surface area (Å²) in [5.41, 5.74) is 8.45. The van der Waals surface area contributed by atoms with Crippen LogP contribution in [0.25, 0.3) is 0 Å². The fourth-order valence-electron chi connectivity index (χ4n) is 5.15. The number of carbonyl (C=O) groups excluding carboxylic acids is 1. The van der Waals surface area contributed by atoms with Crippen molar-refractivity contribution in [3.8, 4) is 5.75 Å². The minimum atomic E-state index is -0.748. The summed E-state index contributed by atoms with van der Waals surface area (Å²) in [5, 5.41) is 1.42. The number of hydrogen-bond acceptors (Lipinski definition) is 3. The molecule has 1 heterocycles. The van der Waals surface area contributed by atoms with Gasteiger partial charge in [0.2, 0.25) is 0 Å². The Morgan fingerprint density at radius 2 is 1.58 bits per heavy atom. The van der Waals surface area contributed by atoms with E-state index in [-0.39, 0.29) is 11.6 Å². The first-order chi connectivity index (χ1) is 17.4. The van der Waals surface area contributed by atoms with E-state index in [2.05, 4.69) is 17.0 Å². The predicted octanol–water partition coefficient (Wildman–Crippen LogP) is 6.99. The number of primary amides is 1. The molecule has 0 radical (unpaired) electrons. The maximum absolute atomic E-state index is 14.4. The molecular formula is C29H29Cl2FN2O2. The smallest absolute Gasteiger partial charge is 0.251 e. The highest BCUT2D eigenvalue weighted by atomic mass is 35.5. The van der Waals surface area contributed by atoms with Gasteiger partial charge in [0, 0.05) is 16.1 Å². The Bertz CT molecular complexity index is 1210. The van der Waals surface area contributed by atoms with Gasteiger partial charge in [0.25, 0.3) is 5.91 Å². The van der Waals surface area contributed by atoms with Gasteiger partial charge in [-0.25, -0.2) is 4.39 Å². The lowest BCUT2D eigenvalue weighted by atomic mass is 9.91. The van der Waals surface area contributed by atoms with Crippen LogP contribution in [-0.2, 0) is 0 Å². The largest absolute Gasteiger partial charge is 0.493 e. The third-order valence-corrected chi connectivity index (χ3v) is 7.67. The van der Waals surface area contributed by atoms with Crippen molar-refractivity contribution in [3.05, 3.63) is 98.8 Å². The zero-order valence-electron chi connectivity index (χ0n) is 19.9. The number of benzene rings is 3. The summed E-state index contributed by atoms with van der Waals surface area (Å²) >= 11 is 12.7. The molecule has 3 aromatic rings. The van der Waals surface area contributed by atoms with Crippen LogP contribution in [0.3, 0.4) is 0 Å². The van der Waals surface area contributed by atoms with Crippen LogP contribution in [-0.4, -0.2) is 30.5 Å². The van der Waals surface area contributed by atoms with Crippen LogP contribution in [0.15, 0.2) is 60.7 Å². The lowest BCUT2D eigenvalue weighted by Gasteiger charge is -2.38. The van der Waals surface area contributed by atoms with Gasteiger partial charge in [0.05, 0.1) is 18.2 Å². The molecule has 2 fully saturated rings. The van der Waals surface area contributed by atoms with Crippen molar-refractivity contribution in [2.24, 2.45) is 11.7 Å². The van der Waals surface area contributed by atoms with Gasteiger partial charge in [0.1, 0.15) is 11.6 Å². The van der Waals surface area contributed by atoms with Gasteiger partial charge in [-0.05, 0) is 97.6 Å². The first-order valence-electron chi connectivity index (χ1n) is 12.4. The molecule has 36 heavy (non-hydrogen) atoms. The summed E-state index contributed by atoms with van der Waals surface area (Å²) in [6, 6.07) is 19.0. The van der Waals surface area contributed by atoms with Crippen molar-refractivity contribution in [1.29, 1.82) is 0 Å². The molecule has 0 unspecified atom stereocenters. The molecule has 0 aromatic heterocycles. The second-order valence-electron chi connectivity index (χ2n) is 9.81. The van der Waals surface area contributed by atoms with Crippen LogP contribution in [0.4, 0.5) is 4.39 Å². The second-order valence-corrected chi connectivity index (χ2v) is 10.7. The third kappa shape index (κ3) is 5.69. The summed E-state index contributed by atoms with van der Waals surface area (Å²) in [7, 11) is 0. The van der Waals surface area contributed by atoms with E-state index in [9.17, 15) is 9.18 Å². The molecule has 188 valence electrons. The molecule has 5 rings (SSSR count). The maximum atomic E-state index is 14.4. The molecule has 7 heteroatoms. The van der Waals surface area contributed by atoms with Crippen LogP contribution in [0.5, 0.6) is 5.75 Å². The average molecular weight is 527 g/mol. The van der Waals surface area contributed by atoms with Crippen LogP contribution < -0.4 is 10.5 Å². The van der Waals surface area contributed by atoms with Crippen molar-refractivity contribution in [3.63, 3.8) is 0 Å². The quantitative estimate of drug-likeness (QED) is 0.344. The van der Waals surface area contributed by atoms with Crippen molar-refractivity contribution in [2.75, 3.05) is 19.7 Å². The zero-order chi connectivity index (χ0) is 25.2. The number of nitrogens with zero attached hydrogens (tertiary/aromatic N) is 1. The first-order valence-corrected chi connectivity index (χ1v) is 13.2. The first kappa shape index (κ1) is 25.1. The number of ether oxygens (including phenoxy) is 1. The van der Waals surface area contributed by atoms with Gasteiger partial charge in [0.15, 0.2) is 0 Å². The molecule has 0 spiro atoms. The van der Waals surface area contributed by atoms with E-state index >= 15 is 0 Å². The molecule has 1 aliphatic heterocycles. The number of halogens is 3. The Hall–Kier alpha value is -2.60. The highest BCUT2D eigenvalue weighted by Crippen LogP contribution is 2.45. The number of piperidine rings is 1. The third-order valence-electron chi connectivity index (χ3n) is 7.20. The van der Waals surface area contributed by atoms with E-state index in [4.69, 9.17) is 33.7 Å². The van der Waals surface area contributed by atoms with Crippen LogP contribution in [0.1, 0.15) is 64.7 Å². The van der Waals surface area contributed by atoms with E-state index in [0.29, 0.717) is 34.2 Å². The number of hydrogen-bond donors (Lipinski definition) is 1. The molecule has 2 N–H and O–H groups in total. The standard InChI is InChI=1S/C29H29Cl2FN2O2/c30-22-5-1-3-20(13-22)28(21-4-2-6-23(31)14-21)34-11-9-18(10-12-34)17-36-27-16-26(32)25(29(33)35)15-24(27)19-7-8-19/h1-6,13-16,18-19,28H,7-12,17H2,(H2,33,35). The fraction of sp³-hybridized carbons (Fsp3) is 0.345. The van der Waals surface area contributed by atoms with Crippen LogP contribution >= 0.6 is 23.2 Å². The van der Waals surface area contributed by atoms with Crippen molar-refractivity contribution >= 4 is 29.1 Å².